The number of nitriles is 1. The monoisotopic (exact) mass is 264 g/mol. The molecule has 4 saturated carbocycles. The van der Waals surface area contributed by atoms with Gasteiger partial charge in [-0.05, 0) is 85.0 Å². The molecule has 2 nitrogen and oxygen atoms in total. The van der Waals surface area contributed by atoms with Crippen LogP contribution in [0.5, 0.6) is 0 Å². The van der Waals surface area contributed by atoms with E-state index in [0.29, 0.717) is 0 Å². The van der Waals surface area contributed by atoms with E-state index in [1.807, 2.05) is 18.5 Å². The van der Waals surface area contributed by atoms with Gasteiger partial charge in [0.25, 0.3) is 0 Å². The molecule has 0 amide bonds. The number of hydrogen-bond acceptors (Lipinski definition) is 2. The molecule has 0 saturated heterocycles. The summed E-state index contributed by atoms with van der Waals surface area (Å²) in [6.07, 6.45) is 13.7. The second-order valence-corrected chi connectivity index (χ2v) is 7.12. The van der Waals surface area contributed by atoms with Crippen molar-refractivity contribution in [3.05, 3.63) is 36.2 Å². The van der Waals surface area contributed by atoms with Crippen molar-refractivity contribution in [3.8, 4) is 6.07 Å². The summed E-state index contributed by atoms with van der Waals surface area (Å²) in [5.74, 6) is 2.72. The second-order valence-electron chi connectivity index (χ2n) is 7.12. The fourth-order valence-electron chi connectivity index (χ4n) is 5.58. The Hall–Kier alpha value is -1.62. The molecule has 0 unspecified atom stereocenters. The van der Waals surface area contributed by atoms with E-state index in [2.05, 4.69) is 23.2 Å². The van der Waals surface area contributed by atoms with E-state index in [1.165, 1.54) is 49.7 Å². The molecule has 4 aliphatic carbocycles. The Kier molecular flexibility index (Phi) is 2.70. The molecule has 4 aliphatic rings. The topological polar surface area (TPSA) is 36.7 Å². The molecule has 1 heterocycles. The Bertz CT molecular complexity index is 544. The number of allylic oxidation sites excluding steroid dienone is 2. The average molecular weight is 264 g/mol. The third-order valence-electron chi connectivity index (χ3n) is 5.81. The van der Waals surface area contributed by atoms with Crippen LogP contribution in [0.2, 0.25) is 0 Å². The number of rotatable bonds is 2. The molecule has 0 spiro atoms. The Labute approximate surface area is 120 Å². The van der Waals surface area contributed by atoms with Crippen LogP contribution in [-0.2, 0) is 0 Å². The summed E-state index contributed by atoms with van der Waals surface area (Å²) in [5.41, 5.74) is 2.79. The van der Waals surface area contributed by atoms with E-state index in [4.69, 9.17) is 0 Å². The standard InChI is InChI=1S/C18H20N2/c19-4-1-17(16-2-5-20-6-3-16)18-10-13-7-14(11-18)9-15(8-13)12-18/h1-3,5-6,13-15H,7-12H2/b17-1+. The van der Waals surface area contributed by atoms with Crippen molar-refractivity contribution in [2.24, 2.45) is 23.2 Å². The van der Waals surface area contributed by atoms with Gasteiger partial charge in [0.05, 0.1) is 6.07 Å². The molecule has 1 aromatic rings. The van der Waals surface area contributed by atoms with E-state index in [0.717, 1.165) is 17.8 Å². The van der Waals surface area contributed by atoms with Gasteiger partial charge in [0.1, 0.15) is 0 Å². The minimum Gasteiger partial charge on any atom is -0.265 e. The lowest BCUT2D eigenvalue weighted by molar-refractivity contribution is -0.0177. The summed E-state index contributed by atoms with van der Waals surface area (Å²) in [4.78, 5) is 4.12. The maximum atomic E-state index is 9.26. The summed E-state index contributed by atoms with van der Waals surface area (Å²) in [5, 5.41) is 9.26. The Morgan fingerprint density at radius 2 is 1.65 bits per heavy atom. The SMILES string of the molecule is N#C/C=C(\c1ccncc1)C12CC3CC(CC(C3)C1)C2. The predicted molar refractivity (Wildman–Crippen MR) is 78.4 cm³/mol. The molecule has 0 aromatic carbocycles. The van der Waals surface area contributed by atoms with Gasteiger partial charge in [0.15, 0.2) is 0 Å². The molecule has 102 valence electrons. The Morgan fingerprint density at radius 1 is 1.10 bits per heavy atom. The van der Waals surface area contributed by atoms with Gasteiger partial charge in [-0.2, -0.15) is 5.26 Å². The van der Waals surface area contributed by atoms with Crippen molar-refractivity contribution in [3.63, 3.8) is 0 Å². The van der Waals surface area contributed by atoms with Crippen LogP contribution in [0.1, 0.15) is 44.1 Å². The van der Waals surface area contributed by atoms with Crippen LogP contribution in [-0.4, -0.2) is 4.98 Å². The number of pyridine rings is 1. The van der Waals surface area contributed by atoms with Gasteiger partial charge in [0, 0.05) is 18.5 Å². The highest BCUT2D eigenvalue weighted by Gasteiger charge is 2.52. The molecule has 0 atom stereocenters. The van der Waals surface area contributed by atoms with Gasteiger partial charge in [0.2, 0.25) is 0 Å². The quantitative estimate of drug-likeness (QED) is 0.750. The normalized spacial score (nSPS) is 38.8. The summed E-state index contributed by atoms with van der Waals surface area (Å²) in [7, 11) is 0. The van der Waals surface area contributed by atoms with Crippen LogP contribution in [0.25, 0.3) is 5.57 Å². The number of hydrogen-bond donors (Lipinski definition) is 0. The molecule has 0 radical (unpaired) electrons. The van der Waals surface area contributed by atoms with E-state index < -0.39 is 0 Å². The third-order valence-corrected chi connectivity index (χ3v) is 5.81. The zero-order valence-corrected chi connectivity index (χ0v) is 11.8. The lowest BCUT2D eigenvalue weighted by atomic mass is 9.47. The average Bonchev–Trinajstić information content (AvgIpc) is 2.44. The minimum atomic E-state index is 0.284. The van der Waals surface area contributed by atoms with E-state index in [-0.39, 0.29) is 5.41 Å². The molecule has 5 rings (SSSR count). The minimum absolute atomic E-state index is 0.284. The molecule has 0 aliphatic heterocycles. The highest BCUT2D eigenvalue weighted by molar-refractivity contribution is 5.72. The molecule has 20 heavy (non-hydrogen) atoms. The summed E-state index contributed by atoms with van der Waals surface area (Å²) >= 11 is 0. The Balaban J connectivity index is 1.78. The lowest BCUT2D eigenvalue weighted by Crippen LogP contribution is -2.46. The molecular weight excluding hydrogens is 244 g/mol. The van der Waals surface area contributed by atoms with Crippen molar-refractivity contribution >= 4 is 5.57 Å². The second kappa shape index (κ2) is 4.45. The maximum Gasteiger partial charge on any atom is 0.0915 e. The largest absolute Gasteiger partial charge is 0.265 e. The molecule has 2 heteroatoms. The molecule has 0 N–H and O–H groups in total. The number of nitrogens with zero attached hydrogens (tertiary/aromatic N) is 2. The van der Waals surface area contributed by atoms with Crippen molar-refractivity contribution in [2.45, 2.75) is 38.5 Å². The first kappa shape index (κ1) is 12.1. The maximum absolute atomic E-state index is 9.26. The van der Waals surface area contributed by atoms with Crippen molar-refractivity contribution in [2.75, 3.05) is 0 Å². The highest BCUT2D eigenvalue weighted by Crippen LogP contribution is 2.64. The fraction of sp³-hybridized carbons (Fsp3) is 0.556. The zero-order chi connectivity index (χ0) is 13.6. The van der Waals surface area contributed by atoms with Crippen LogP contribution in [0.4, 0.5) is 0 Å². The van der Waals surface area contributed by atoms with Crippen molar-refractivity contribution in [1.29, 1.82) is 5.26 Å². The van der Waals surface area contributed by atoms with Crippen LogP contribution in [0.3, 0.4) is 0 Å². The third kappa shape index (κ3) is 1.80. The molecule has 1 aromatic heterocycles. The van der Waals surface area contributed by atoms with Crippen molar-refractivity contribution in [1.82, 2.24) is 4.98 Å². The summed E-state index contributed by atoms with van der Waals surface area (Å²) in [6, 6.07) is 6.45. The van der Waals surface area contributed by atoms with Gasteiger partial charge < -0.3 is 0 Å². The van der Waals surface area contributed by atoms with Crippen LogP contribution in [0.15, 0.2) is 30.6 Å². The van der Waals surface area contributed by atoms with Crippen LogP contribution < -0.4 is 0 Å². The highest BCUT2D eigenvalue weighted by atomic mass is 14.6. The van der Waals surface area contributed by atoms with Gasteiger partial charge >= 0.3 is 0 Å². The van der Waals surface area contributed by atoms with E-state index in [1.54, 1.807) is 0 Å². The summed E-state index contributed by atoms with van der Waals surface area (Å²) < 4.78 is 0. The first-order valence-corrected chi connectivity index (χ1v) is 7.80. The van der Waals surface area contributed by atoms with Crippen LogP contribution in [0, 0.1) is 34.5 Å². The van der Waals surface area contributed by atoms with Gasteiger partial charge in [-0.1, -0.05) is 0 Å². The van der Waals surface area contributed by atoms with E-state index in [9.17, 15) is 5.26 Å². The first-order chi connectivity index (χ1) is 9.79. The zero-order valence-electron chi connectivity index (χ0n) is 11.8. The predicted octanol–water partition coefficient (Wildman–Crippen LogP) is 4.20. The summed E-state index contributed by atoms with van der Waals surface area (Å²) in [6.45, 7) is 0. The van der Waals surface area contributed by atoms with E-state index >= 15 is 0 Å². The van der Waals surface area contributed by atoms with Gasteiger partial charge in [-0.3, -0.25) is 4.98 Å². The van der Waals surface area contributed by atoms with Gasteiger partial charge in [-0.15, -0.1) is 0 Å². The number of aromatic nitrogens is 1. The van der Waals surface area contributed by atoms with Gasteiger partial charge in [-0.25, -0.2) is 0 Å². The lowest BCUT2D eigenvalue weighted by Gasteiger charge is -2.57. The molecule has 4 bridgehead atoms. The smallest absolute Gasteiger partial charge is 0.0915 e. The Morgan fingerprint density at radius 3 is 2.15 bits per heavy atom. The fourth-order valence-corrected chi connectivity index (χ4v) is 5.58. The van der Waals surface area contributed by atoms with Crippen molar-refractivity contribution < 1.29 is 0 Å². The molecular formula is C18H20N2. The van der Waals surface area contributed by atoms with Crippen LogP contribution >= 0.6 is 0 Å². The molecule has 4 fully saturated rings. The first-order valence-electron chi connectivity index (χ1n) is 7.80.